The molecule has 0 radical (unpaired) electrons. The van der Waals surface area contributed by atoms with Gasteiger partial charge in [0, 0.05) is 6.54 Å². The van der Waals surface area contributed by atoms with Crippen LogP contribution in [0, 0.1) is 0 Å². The minimum Gasteiger partial charge on any atom is -0.507 e. The second-order valence-corrected chi connectivity index (χ2v) is 6.65. The minimum absolute atomic E-state index is 0.0445. The molecule has 3 N–H and O–H groups in total. The van der Waals surface area contributed by atoms with Crippen molar-refractivity contribution in [2.24, 2.45) is 0 Å². The van der Waals surface area contributed by atoms with Gasteiger partial charge in [0.1, 0.15) is 5.75 Å². The van der Waals surface area contributed by atoms with Crippen LogP contribution in [0.5, 0.6) is 5.75 Å². The lowest BCUT2D eigenvalue weighted by Gasteiger charge is -2.04. The largest absolute Gasteiger partial charge is 0.507 e. The molecule has 0 aliphatic carbocycles. The third-order valence-electron chi connectivity index (χ3n) is 3.76. The fraction of sp³-hybridized carbons (Fsp3) is 0.211. The van der Waals surface area contributed by atoms with Crippen molar-refractivity contribution in [1.29, 1.82) is 0 Å². The van der Waals surface area contributed by atoms with E-state index in [2.05, 4.69) is 32.6 Å². The van der Waals surface area contributed by atoms with Crippen molar-refractivity contribution in [2.75, 3.05) is 12.3 Å². The summed E-state index contributed by atoms with van der Waals surface area (Å²) in [6.45, 7) is 0.644. The Kier molecular flexibility index (Phi) is 6.27. The summed E-state index contributed by atoms with van der Waals surface area (Å²) >= 11 is 1.26. The lowest BCUT2D eigenvalue weighted by Crippen LogP contribution is -2.26. The highest BCUT2D eigenvalue weighted by Crippen LogP contribution is 2.26. The van der Waals surface area contributed by atoms with Crippen molar-refractivity contribution in [1.82, 2.24) is 20.5 Å². The first-order chi connectivity index (χ1) is 12.7. The number of para-hydroxylation sites is 1. The number of aromatic hydroxyl groups is 1. The topological polar surface area (TPSA) is 90.9 Å². The molecular weight excluding hydrogens is 348 g/mol. The Labute approximate surface area is 156 Å². The zero-order valence-electron chi connectivity index (χ0n) is 14.2. The number of rotatable bonds is 8. The molecule has 3 rings (SSSR count). The lowest BCUT2D eigenvalue weighted by molar-refractivity contribution is -0.118. The second kappa shape index (κ2) is 9.05. The first-order valence-electron chi connectivity index (χ1n) is 8.36. The van der Waals surface area contributed by atoms with Crippen molar-refractivity contribution in [3.8, 4) is 17.1 Å². The number of aromatic amines is 1. The van der Waals surface area contributed by atoms with E-state index >= 15 is 0 Å². The predicted octanol–water partition coefficient (Wildman–Crippen LogP) is 3.02. The number of carbonyl (C=O) groups is 1. The molecule has 0 atom stereocenters. The van der Waals surface area contributed by atoms with Gasteiger partial charge in [0.15, 0.2) is 5.82 Å². The molecular formula is C19H20N4O2S. The van der Waals surface area contributed by atoms with E-state index in [0.717, 1.165) is 12.8 Å². The van der Waals surface area contributed by atoms with Crippen LogP contribution < -0.4 is 5.32 Å². The molecule has 0 aliphatic heterocycles. The van der Waals surface area contributed by atoms with E-state index in [4.69, 9.17) is 0 Å². The standard InChI is InChI=1S/C19H20N4O2S/c24-16-11-5-4-10-15(16)18-21-19(23-22-18)26-13-17(25)20-12-6-9-14-7-2-1-3-8-14/h1-5,7-8,10-11,24H,6,9,12-13H2,(H,20,25)(H,21,22,23). The number of amides is 1. The number of nitrogens with one attached hydrogen (secondary N) is 2. The number of phenolic OH excluding ortho intramolecular Hbond substituents is 1. The van der Waals surface area contributed by atoms with Gasteiger partial charge in [-0.2, -0.15) is 0 Å². The van der Waals surface area contributed by atoms with Gasteiger partial charge in [-0.3, -0.25) is 9.89 Å². The monoisotopic (exact) mass is 368 g/mol. The van der Waals surface area contributed by atoms with Crippen molar-refractivity contribution in [3.63, 3.8) is 0 Å². The van der Waals surface area contributed by atoms with E-state index in [1.807, 2.05) is 24.3 Å². The highest BCUT2D eigenvalue weighted by atomic mass is 32.2. The second-order valence-electron chi connectivity index (χ2n) is 5.71. The summed E-state index contributed by atoms with van der Waals surface area (Å²) in [5, 5.41) is 20.1. The summed E-state index contributed by atoms with van der Waals surface area (Å²) in [5.41, 5.74) is 1.85. The van der Waals surface area contributed by atoms with E-state index in [9.17, 15) is 9.90 Å². The number of H-pyrrole nitrogens is 1. The van der Waals surface area contributed by atoms with Crippen molar-refractivity contribution in [3.05, 3.63) is 60.2 Å². The number of hydrogen-bond acceptors (Lipinski definition) is 5. The fourth-order valence-corrected chi connectivity index (χ4v) is 3.08. The van der Waals surface area contributed by atoms with E-state index in [0.29, 0.717) is 23.1 Å². The van der Waals surface area contributed by atoms with Crippen molar-refractivity contribution in [2.45, 2.75) is 18.0 Å². The van der Waals surface area contributed by atoms with Crippen LogP contribution in [-0.4, -0.2) is 38.5 Å². The highest BCUT2D eigenvalue weighted by Gasteiger charge is 2.11. The molecule has 0 saturated heterocycles. The maximum atomic E-state index is 11.9. The van der Waals surface area contributed by atoms with Gasteiger partial charge < -0.3 is 10.4 Å². The molecule has 0 aliphatic rings. The molecule has 0 fully saturated rings. The third-order valence-corrected chi connectivity index (χ3v) is 4.61. The van der Waals surface area contributed by atoms with E-state index in [1.165, 1.54) is 17.3 Å². The maximum Gasteiger partial charge on any atom is 0.230 e. The van der Waals surface area contributed by atoms with Gasteiger partial charge in [0.25, 0.3) is 0 Å². The van der Waals surface area contributed by atoms with Gasteiger partial charge in [0.05, 0.1) is 11.3 Å². The van der Waals surface area contributed by atoms with E-state index in [-0.39, 0.29) is 17.4 Å². The van der Waals surface area contributed by atoms with Crippen LogP contribution in [0.15, 0.2) is 59.8 Å². The summed E-state index contributed by atoms with van der Waals surface area (Å²) in [5.74, 6) is 0.825. The number of hydrogen-bond donors (Lipinski definition) is 3. The van der Waals surface area contributed by atoms with Crippen LogP contribution in [0.25, 0.3) is 11.4 Å². The van der Waals surface area contributed by atoms with Crippen molar-refractivity contribution >= 4 is 17.7 Å². The van der Waals surface area contributed by atoms with Crippen LogP contribution in [-0.2, 0) is 11.2 Å². The number of carbonyl (C=O) groups excluding carboxylic acids is 1. The Morgan fingerprint density at radius 3 is 2.69 bits per heavy atom. The number of aryl methyl sites for hydroxylation is 1. The average molecular weight is 368 g/mol. The molecule has 0 unspecified atom stereocenters. The Hall–Kier alpha value is -2.80. The zero-order chi connectivity index (χ0) is 18.2. The lowest BCUT2D eigenvalue weighted by atomic mass is 10.1. The van der Waals surface area contributed by atoms with Crippen LogP contribution in [0.4, 0.5) is 0 Å². The van der Waals surface area contributed by atoms with Crippen molar-refractivity contribution < 1.29 is 9.90 Å². The molecule has 1 aromatic heterocycles. The summed E-state index contributed by atoms with van der Waals surface area (Å²) in [6, 6.07) is 17.1. The first kappa shape index (κ1) is 18.0. The Morgan fingerprint density at radius 2 is 1.88 bits per heavy atom. The molecule has 3 aromatic rings. The molecule has 7 heteroatoms. The summed E-state index contributed by atoms with van der Waals surface area (Å²) in [6.07, 6.45) is 1.84. The van der Waals surface area contributed by atoms with Gasteiger partial charge in [0.2, 0.25) is 11.1 Å². The van der Waals surface area contributed by atoms with Crippen LogP contribution in [0.2, 0.25) is 0 Å². The number of aromatic nitrogens is 3. The Balaban J connectivity index is 1.40. The quantitative estimate of drug-likeness (QED) is 0.420. The molecule has 0 spiro atoms. The van der Waals surface area contributed by atoms with Gasteiger partial charge in [-0.1, -0.05) is 54.2 Å². The predicted molar refractivity (Wildman–Crippen MR) is 102 cm³/mol. The highest BCUT2D eigenvalue weighted by molar-refractivity contribution is 7.99. The summed E-state index contributed by atoms with van der Waals surface area (Å²) in [7, 11) is 0. The molecule has 6 nitrogen and oxygen atoms in total. The molecule has 2 aromatic carbocycles. The molecule has 1 amide bonds. The molecule has 1 heterocycles. The molecule has 0 saturated carbocycles. The Morgan fingerprint density at radius 1 is 1.12 bits per heavy atom. The Bertz CT molecular complexity index is 852. The minimum atomic E-state index is -0.0445. The molecule has 134 valence electrons. The molecule has 26 heavy (non-hydrogen) atoms. The maximum absolute atomic E-state index is 11.9. The zero-order valence-corrected chi connectivity index (χ0v) is 15.0. The number of phenols is 1. The first-order valence-corrected chi connectivity index (χ1v) is 9.35. The number of thioether (sulfide) groups is 1. The smallest absolute Gasteiger partial charge is 0.230 e. The van der Waals surface area contributed by atoms with Crippen LogP contribution in [0.3, 0.4) is 0 Å². The van der Waals surface area contributed by atoms with E-state index in [1.54, 1.807) is 18.2 Å². The van der Waals surface area contributed by atoms with Gasteiger partial charge >= 0.3 is 0 Å². The third kappa shape index (κ3) is 5.10. The summed E-state index contributed by atoms with van der Waals surface area (Å²) < 4.78 is 0. The molecule has 0 bridgehead atoms. The van der Waals surface area contributed by atoms with Gasteiger partial charge in [-0.25, -0.2) is 4.98 Å². The fourth-order valence-electron chi connectivity index (χ4n) is 2.45. The SMILES string of the molecule is O=C(CSc1n[nH]c(-c2ccccc2O)n1)NCCCc1ccccc1. The number of nitrogens with zero attached hydrogens (tertiary/aromatic N) is 2. The average Bonchev–Trinajstić information content (AvgIpc) is 3.13. The van der Waals surface area contributed by atoms with Gasteiger partial charge in [-0.05, 0) is 30.5 Å². The summed E-state index contributed by atoms with van der Waals surface area (Å²) in [4.78, 5) is 16.2. The number of benzene rings is 2. The van der Waals surface area contributed by atoms with Crippen LogP contribution in [0.1, 0.15) is 12.0 Å². The van der Waals surface area contributed by atoms with Crippen LogP contribution >= 0.6 is 11.8 Å². The van der Waals surface area contributed by atoms with Gasteiger partial charge in [-0.15, -0.1) is 5.10 Å². The van der Waals surface area contributed by atoms with E-state index < -0.39 is 0 Å². The normalized spacial score (nSPS) is 10.6.